The number of hydrogen-bond acceptors (Lipinski definition) is 8. The first-order chi connectivity index (χ1) is 12.8. The molecular weight excluding hydrogens is 356 g/mol. The predicted octanol–water partition coefficient (Wildman–Crippen LogP) is 1.03. The van der Waals surface area contributed by atoms with Gasteiger partial charge in [-0.1, -0.05) is 6.08 Å². The number of carbonyl (C=O) groups excluding carboxylic acids is 2. The Morgan fingerprint density at radius 1 is 1.22 bits per heavy atom. The predicted molar refractivity (Wildman–Crippen MR) is 92.5 cm³/mol. The average Bonchev–Trinajstić information content (AvgIpc) is 3.38. The molecule has 27 heavy (non-hydrogen) atoms. The number of ketones is 1. The minimum Gasteiger partial charge on any atom is -0.507 e. The Hall–Kier alpha value is -2.42. The molecule has 2 aliphatic rings. The van der Waals surface area contributed by atoms with Crippen molar-refractivity contribution in [2.45, 2.75) is 50.3 Å². The summed E-state index contributed by atoms with van der Waals surface area (Å²) in [5, 5.41) is 30.4. The fraction of sp³-hybridized carbons (Fsp3) is 0.474. The number of aromatic hydroxyl groups is 1. The Labute approximate surface area is 156 Å². The largest absolute Gasteiger partial charge is 0.507 e. The summed E-state index contributed by atoms with van der Waals surface area (Å²) in [6.07, 6.45) is -1.72. The second-order valence-electron chi connectivity index (χ2n) is 6.71. The van der Waals surface area contributed by atoms with Crippen molar-refractivity contribution < 1.29 is 39.1 Å². The van der Waals surface area contributed by atoms with Crippen LogP contribution in [-0.2, 0) is 14.3 Å². The zero-order valence-corrected chi connectivity index (χ0v) is 15.0. The summed E-state index contributed by atoms with van der Waals surface area (Å²) in [6, 6.07) is 2.87. The van der Waals surface area contributed by atoms with Crippen LogP contribution in [0.4, 0.5) is 0 Å². The fourth-order valence-corrected chi connectivity index (χ4v) is 3.10. The Balaban J connectivity index is 1.98. The summed E-state index contributed by atoms with van der Waals surface area (Å²) in [5.74, 6) is -1.31. The summed E-state index contributed by atoms with van der Waals surface area (Å²) in [5.41, 5.74) is 0.344. The van der Waals surface area contributed by atoms with Gasteiger partial charge in [0.05, 0.1) is 19.3 Å². The maximum absolute atomic E-state index is 12.6. The lowest BCUT2D eigenvalue weighted by Gasteiger charge is -2.17. The number of aliphatic hydroxyl groups is 2. The third-order valence-electron chi connectivity index (χ3n) is 4.64. The maximum Gasteiger partial charge on any atom is 0.342 e. The minimum atomic E-state index is -1.56. The molecule has 3 N–H and O–H groups in total. The number of esters is 1. The van der Waals surface area contributed by atoms with Gasteiger partial charge in [-0.3, -0.25) is 4.79 Å². The lowest BCUT2D eigenvalue weighted by atomic mass is 9.97. The van der Waals surface area contributed by atoms with Gasteiger partial charge < -0.3 is 29.5 Å². The number of methoxy groups -OCH3 is 1. The highest BCUT2D eigenvalue weighted by molar-refractivity contribution is 5.95. The summed E-state index contributed by atoms with van der Waals surface area (Å²) >= 11 is 0. The molecule has 5 atom stereocenters. The molecule has 1 aromatic carbocycles. The number of phenolic OH excluding ortho intramolecular Hbond substituents is 1. The highest BCUT2D eigenvalue weighted by atomic mass is 16.6. The number of benzene rings is 1. The third kappa shape index (κ3) is 4.13. The van der Waals surface area contributed by atoms with Gasteiger partial charge in [0.15, 0.2) is 5.78 Å². The third-order valence-corrected chi connectivity index (χ3v) is 4.64. The molecule has 1 aromatic rings. The zero-order chi connectivity index (χ0) is 19.7. The van der Waals surface area contributed by atoms with E-state index >= 15 is 0 Å². The molecule has 8 nitrogen and oxygen atoms in total. The molecule has 2 heterocycles. The van der Waals surface area contributed by atoms with E-state index in [0.717, 1.165) is 6.08 Å². The van der Waals surface area contributed by atoms with E-state index in [4.69, 9.17) is 14.2 Å². The van der Waals surface area contributed by atoms with Crippen molar-refractivity contribution in [2.75, 3.05) is 7.11 Å². The molecule has 1 saturated heterocycles. The Morgan fingerprint density at radius 2 is 1.96 bits per heavy atom. The van der Waals surface area contributed by atoms with Crippen molar-refractivity contribution in [3.8, 4) is 11.5 Å². The minimum absolute atomic E-state index is 0.00568. The highest BCUT2D eigenvalue weighted by Crippen LogP contribution is 2.46. The van der Waals surface area contributed by atoms with Crippen molar-refractivity contribution >= 4 is 11.8 Å². The van der Waals surface area contributed by atoms with Crippen LogP contribution in [0.15, 0.2) is 24.3 Å². The van der Waals surface area contributed by atoms with Gasteiger partial charge in [-0.25, -0.2) is 4.79 Å². The molecule has 146 valence electrons. The van der Waals surface area contributed by atoms with Gasteiger partial charge >= 0.3 is 5.97 Å². The number of epoxide rings is 1. The van der Waals surface area contributed by atoms with Gasteiger partial charge in [0.1, 0.15) is 35.4 Å². The lowest BCUT2D eigenvalue weighted by Crippen LogP contribution is -2.34. The van der Waals surface area contributed by atoms with Gasteiger partial charge in [-0.2, -0.15) is 0 Å². The van der Waals surface area contributed by atoms with Crippen LogP contribution < -0.4 is 4.74 Å². The topological polar surface area (TPSA) is 126 Å². The Morgan fingerprint density at radius 3 is 2.67 bits per heavy atom. The van der Waals surface area contributed by atoms with Gasteiger partial charge in [0.25, 0.3) is 0 Å². The molecule has 0 aromatic heterocycles. The first-order valence-corrected chi connectivity index (χ1v) is 8.65. The number of rotatable bonds is 1. The van der Waals surface area contributed by atoms with E-state index in [-0.39, 0.29) is 24.2 Å². The van der Waals surface area contributed by atoms with Crippen LogP contribution in [-0.4, -0.2) is 58.6 Å². The van der Waals surface area contributed by atoms with Crippen molar-refractivity contribution in [1.82, 2.24) is 0 Å². The van der Waals surface area contributed by atoms with E-state index in [1.54, 1.807) is 13.0 Å². The van der Waals surface area contributed by atoms with Crippen LogP contribution in [0.2, 0.25) is 0 Å². The van der Waals surface area contributed by atoms with Gasteiger partial charge in [0, 0.05) is 24.5 Å². The van der Waals surface area contributed by atoms with E-state index in [1.165, 1.54) is 19.3 Å². The van der Waals surface area contributed by atoms with Crippen molar-refractivity contribution in [1.29, 1.82) is 0 Å². The first-order valence-electron chi connectivity index (χ1n) is 8.65. The number of carbonyl (C=O) groups is 2. The maximum atomic E-state index is 12.6. The van der Waals surface area contributed by atoms with Crippen LogP contribution in [0, 0.1) is 0 Å². The second-order valence-corrected chi connectivity index (χ2v) is 6.71. The Kier molecular flexibility index (Phi) is 5.50. The van der Waals surface area contributed by atoms with E-state index in [2.05, 4.69) is 0 Å². The number of hydrogen-bond donors (Lipinski definition) is 3. The average molecular weight is 378 g/mol. The number of aliphatic hydroxyl groups excluding tert-OH is 2. The lowest BCUT2D eigenvalue weighted by molar-refractivity contribution is -0.128. The molecule has 0 aliphatic carbocycles. The zero-order valence-electron chi connectivity index (χ0n) is 15.0. The molecule has 3 rings (SSSR count). The van der Waals surface area contributed by atoms with E-state index in [0.29, 0.717) is 11.3 Å². The second kappa shape index (κ2) is 7.67. The number of ether oxygens (including phenoxy) is 3. The van der Waals surface area contributed by atoms with Gasteiger partial charge in [0.2, 0.25) is 0 Å². The molecule has 2 aliphatic heterocycles. The van der Waals surface area contributed by atoms with Gasteiger partial charge in [-0.05, 0) is 19.1 Å². The fourth-order valence-electron chi connectivity index (χ4n) is 3.10. The van der Waals surface area contributed by atoms with Crippen LogP contribution >= 0.6 is 0 Å². The van der Waals surface area contributed by atoms with Crippen LogP contribution in [0.5, 0.6) is 11.5 Å². The highest BCUT2D eigenvalue weighted by Gasteiger charge is 2.46. The van der Waals surface area contributed by atoms with E-state index in [9.17, 15) is 24.9 Å². The summed E-state index contributed by atoms with van der Waals surface area (Å²) in [6.45, 7) is 1.64. The molecule has 0 bridgehead atoms. The monoisotopic (exact) mass is 378 g/mol. The Bertz CT molecular complexity index is 771. The molecule has 8 heteroatoms. The van der Waals surface area contributed by atoms with Crippen molar-refractivity contribution in [3.63, 3.8) is 0 Å². The quantitative estimate of drug-likeness (QED) is 0.489. The number of cyclic esters (lactones) is 1. The number of phenols is 1. The normalized spacial score (nSPS) is 32.5. The van der Waals surface area contributed by atoms with Crippen LogP contribution in [0.25, 0.3) is 0 Å². The van der Waals surface area contributed by atoms with Crippen molar-refractivity contribution in [3.05, 3.63) is 35.4 Å². The molecular formula is C19H22O8. The molecule has 0 radical (unpaired) electrons. The molecule has 0 spiro atoms. The number of fused-ring (bicyclic) bond motifs is 3. The molecule has 0 saturated carbocycles. The first kappa shape index (κ1) is 19.3. The summed E-state index contributed by atoms with van der Waals surface area (Å²) in [7, 11) is 1.42. The van der Waals surface area contributed by atoms with Crippen LogP contribution in [0.3, 0.4) is 0 Å². The smallest absolute Gasteiger partial charge is 0.342 e. The SMILES string of the molecule is COc1cc(O)c2c(c1)C1OC1C[C@H](O)[C@H](O)C(=O)/C=C\C[C@H](C)OC2=O. The molecule has 2 unspecified atom stereocenters. The molecule has 0 amide bonds. The van der Waals surface area contributed by atoms with Crippen LogP contribution in [0.1, 0.15) is 41.8 Å². The summed E-state index contributed by atoms with van der Waals surface area (Å²) < 4.78 is 16.0. The summed E-state index contributed by atoms with van der Waals surface area (Å²) in [4.78, 5) is 24.5. The molecule has 1 fully saturated rings. The van der Waals surface area contributed by atoms with E-state index < -0.39 is 42.3 Å². The van der Waals surface area contributed by atoms with E-state index in [1.807, 2.05) is 0 Å². The van der Waals surface area contributed by atoms with Gasteiger partial charge in [-0.15, -0.1) is 0 Å². The standard InChI is InChI=1S/C19H22O8/c1-9-4-3-5-12(20)17(23)14(22)8-15-18(27-15)11-6-10(25-2)7-13(21)16(11)19(24)26-9/h3,5-7,9,14-15,17-18,21-23H,4,8H2,1-2H3/b5-3-/t9-,14-,15?,17+,18?/m0/s1. The van der Waals surface area contributed by atoms with Crippen molar-refractivity contribution in [2.24, 2.45) is 0 Å².